The maximum absolute atomic E-state index is 9.31. The van der Waals surface area contributed by atoms with Gasteiger partial charge in [0.15, 0.2) is 11.5 Å². The van der Waals surface area contributed by atoms with Gasteiger partial charge in [0.25, 0.3) is 0 Å². The van der Waals surface area contributed by atoms with Crippen molar-refractivity contribution >= 4 is 17.3 Å². The Morgan fingerprint density at radius 2 is 1.81 bits per heavy atom. The molecule has 3 rings (SSSR count). The summed E-state index contributed by atoms with van der Waals surface area (Å²) in [5, 5.41) is 15.5. The molecule has 0 amide bonds. The van der Waals surface area contributed by atoms with Crippen LogP contribution in [-0.4, -0.2) is 31.2 Å². The summed E-state index contributed by atoms with van der Waals surface area (Å²) in [6.45, 7) is 0. The monoisotopic (exact) mass is 361 g/mol. The molecule has 0 fully saturated rings. The molecule has 1 heterocycles. The topological polar surface area (TPSA) is 92.1 Å². The van der Waals surface area contributed by atoms with E-state index in [-0.39, 0.29) is 0 Å². The second-order valence-corrected chi connectivity index (χ2v) is 5.58. The molecular weight excluding hydrogens is 342 g/mol. The van der Waals surface area contributed by atoms with Gasteiger partial charge in [0.05, 0.1) is 31.2 Å². The third kappa shape index (κ3) is 3.90. The number of nitriles is 1. The Labute approximate surface area is 157 Å². The Kier molecular flexibility index (Phi) is 5.38. The average molecular weight is 361 g/mol. The van der Waals surface area contributed by atoms with Gasteiger partial charge in [-0.15, -0.1) is 0 Å². The van der Waals surface area contributed by atoms with Crippen LogP contribution < -0.4 is 20.1 Å². The minimum absolute atomic E-state index is 0.441. The van der Waals surface area contributed by atoms with Crippen LogP contribution in [0.2, 0.25) is 0 Å². The van der Waals surface area contributed by atoms with E-state index in [2.05, 4.69) is 26.7 Å². The van der Waals surface area contributed by atoms with Gasteiger partial charge >= 0.3 is 0 Å². The number of benzene rings is 2. The van der Waals surface area contributed by atoms with E-state index in [9.17, 15) is 5.26 Å². The Bertz CT molecular complexity index is 998. The summed E-state index contributed by atoms with van der Waals surface area (Å²) in [7, 11) is 4.96. The molecule has 0 spiro atoms. The van der Waals surface area contributed by atoms with E-state index in [1.807, 2.05) is 24.3 Å². The van der Waals surface area contributed by atoms with Crippen molar-refractivity contribution in [3.63, 3.8) is 0 Å². The third-order valence-corrected chi connectivity index (χ3v) is 4.00. The number of nitrogens with one attached hydrogen (secondary N) is 2. The van der Waals surface area contributed by atoms with Crippen LogP contribution in [0.5, 0.6) is 11.5 Å². The van der Waals surface area contributed by atoms with Crippen LogP contribution in [0.3, 0.4) is 0 Å². The van der Waals surface area contributed by atoms with Gasteiger partial charge in [0.2, 0.25) is 5.95 Å². The predicted octanol–water partition coefficient (Wildman–Crippen LogP) is 3.82. The molecule has 0 unspecified atom stereocenters. The smallest absolute Gasteiger partial charge is 0.227 e. The van der Waals surface area contributed by atoms with Gasteiger partial charge in [-0.05, 0) is 30.3 Å². The van der Waals surface area contributed by atoms with E-state index < -0.39 is 0 Å². The molecule has 0 aliphatic rings. The molecule has 7 heteroatoms. The standard InChI is InChI=1S/C20H19N5O2/c1-22-16-6-4-13(10-14(16)12-21)17-8-9-23-20(25-17)24-15-5-7-18(26-2)19(11-15)27-3/h4-11,22H,1-3H3,(H,23,24,25). The molecule has 27 heavy (non-hydrogen) atoms. The molecule has 0 saturated heterocycles. The molecular formula is C20H19N5O2. The van der Waals surface area contributed by atoms with Crippen LogP contribution in [0.4, 0.5) is 17.3 Å². The Balaban J connectivity index is 1.89. The van der Waals surface area contributed by atoms with Crippen molar-refractivity contribution in [1.82, 2.24) is 9.97 Å². The summed E-state index contributed by atoms with van der Waals surface area (Å²) in [5.74, 6) is 1.70. The number of ether oxygens (including phenoxy) is 2. The second kappa shape index (κ2) is 8.06. The molecule has 0 radical (unpaired) electrons. The van der Waals surface area contributed by atoms with Gasteiger partial charge in [-0.1, -0.05) is 6.07 Å². The number of nitrogens with zero attached hydrogens (tertiary/aromatic N) is 3. The first kappa shape index (κ1) is 18.0. The number of anilines is 3. The van der Waals surface area contributed by atoms with Crippen molar-refractivity contribution < 1.29 is 9.47 Å². The minimum atomic E-state index is 0.441. The molecule has 2 N–H and O–H groups in total. The number of methoxy groups -OCH3 is 2. The molecule has 136 valence electrons. The van der Waals surface area contributed by atoms with Crippen LogP contribution in [0.1, 0.15) is 5.56 Å². The molecule has 0 atom stereocenters. The van der Waals surface area contributed by atoms with E-state index in [1.54, 1.807) is 45.7 Å². The normalized spacial score (nSPS) is 10.0. The highest BCUT2D eigenvalue weighted by Crippen LogP contribution is 2.31. The lowest BCUT2D eigenvalue weighted by Crippen LogP contribution is -1.99. The molecule has 0 bridgehead atoms. The van der Waals surface area contributed by atoms with Gasteiger partial charge < -0.3 is 20.1 Å². The van der Waals surface area contributed by atoms with E-state index in [0.717, 1.165) is 16.9 Å². The zero-order valence-corrected chi connectivity index (χ0v) is 15.3. The van der Waals surface area contributed by atoms with Crippen LogP contribution in [0.25, 0.3) is 11.3 Å². The highest BCUT2D eigenvalue weighted by atomic mass is 16.5. The Morgan fingerprint density at radius 3 is 2.52 bits per heavy atom. The summed E-state index contributed by atoms with van der Waals surface area (Å²) in [4.78, 5) is 8.81. The number of hydrogen-bond donors (Lipinski definition) is 2. The second-order valence-electron chi connectivity index (χ2n) is 5.58. The molecule has 1 aromatic heterocycles. The fourth-order valence-electron chi connectivity index (χ4n) is 2.64. The van der Waals surface area contributed by atoms with Gasteiger partial charge in [-0.3, -0.25) is 0 Å². The SMILES string of the molecule is CNc1ccc(-c2ccnc(Nc3ccc(OC)c(OC)c3)n2)cc1C#N. The molecule has 0 saturated carbocycles. The molecule has 0 aliphatic heterocycles. The van der Waals surface area contributed by atoms with Crippen LogP contribution in [0.15, 0.2) is 48.7 Å². The molecule has 2 aromatic carbocycles. The lowest BCUT2D eigenvalue weighted by atomic mass is 10.1. The Morgan fingerprint density at radius 1 is 1.00 bits per heavy atom. The largest absolute Gasteiger partial charge is 0.493 e. The van der Waals surface area contributed by atoms with Crippen LogP contribution in [0, 0.1) is 11.3 Å². The van der Waals surface area contributed by atoms with Gasteiger partial charge in [0.1, 0.15) is 6.07 Å². The number of aromatic nitrogens is 2. The van der Waals surface area contributed by atoms with E-state index in [0.29, 0.717) is 28.7 Å². The summed E-state index contributed by atoms with van der Waals surface area (Å²) in [6, 6.07) is 15.0. The van der Waals surface area contributed by atoms with Crippen LogP contribution >= 0.6 is 0 Å². The number of rotatable bonds is 6. The van der Waals surface area contributed by atoms with E-state index in [4.69, 9.17) is 9.47 Å². The number of hydrogen-bond acceptors (Lipinski definition) is 7. The first-order valence-electron chi connectivity index (χ1n) is 8.23. The minimum Gasteiger partial charge on any atom is -0.493 e. The van der Waals surface area contributed by atoms with Crippen molar-refractivity contribution in [1.29, 1.82) is 5.26 Å². The lowest BCUT2D eigenvalue weighted by molar-refractivity contribution is 0.355. The van der Waals surface area contributed by atoms with Gasteiger partial charge in [0, 0.05) is 30.6 Å². The van der Waals surface area contributed by atoms with E-state index >= 15 is 0 Å². The summed E-state index contributed by atoms with van der Waals surface area (Å²) < 4.78 is 10.6. The van der Waals surface area contributed by atoms with Crippen molar-refractivity contribution in [3.8, 4) is 28.8 Å². The molecule has 0 aliphatic carbocycles. The summed E-state index contributed by atoms with van der Waals surface area (Å²) in [6.07, 6.45) is 1.67. The quantitative estimate of drug-likeness (QED) is 0.689. The summed E-state index contributed by atoms with van der Waals surface area (Å²) in [5.41, 5.74) is 3.66. The fourth-order valence-corrected chi connectivity index (χ4v) is 2.64. The summed E-state index contributed by atoms with van der Waals surface area (Å²) >= 11 is 0. The first-order valence-corrected chi connectivity index (χ1v) is 8.23. The van der Waals surface area contributed by atoms with Crippen molar-refractivity contribution in [2.75, 3.05) is 31.9 Å². The zero-order chi connectivity index (χ0) is 19.2. The third-order valence-electron chi connectivity index (χ3n) is 4.00. The maximum Gasteiger partial charge on any atom is 0.227 e. The van der Waals surface area contributed by atoms with Gasteiger partial charge in [-0.25, -0.2) is 9.97 Å². The fraction of sp³-hybridized carbons (Fsp3) is 0.150. The zero-order valence-electron chi connectivity index (χ0n) is 15.3. The lowest BCUT2D eigenvalue weighted by Gasteiger charge is -2.11. The highest BCUT2D eigenvalue weighted by Gasteiger charge is 2.09. The van der Waals surface area contributed by atoms with E-state index in [1.165, 1.54) is 0 Å². The Hall–Kier alpha value is -3.79. The van der Waals surface area contributed by atoms with Crippen LogP contribution in [-0.2, 0) is 0 Å². The predicted molar refractivity (Wildman–Crippen MR) is 105 cm³/mol. The van der Waals surface area contributed by atoms with Gasteiger partial charge in [-0.2, -0.15) is 5.26 Å². The first-order chi connectivity index (χ1) is 13.2. The molecule has 3 aromatic rings. The van der Waals surface area contributed by atoms with Crippen molar-refractivity contribution in [2.45, 2.75) is 0 Å². The molecule has 7 nitrogen and oxygen atoms in total. The van der Waals surface area contributed by atoms with Crippen molar-refractivity contribution in [2.24, 2.45) is 0 Å². The van der Waals surface area contributed by atoms with Crippen molar-refractivity contribution in [3.05, 3.63) is 54.2 Å². The highest BCUT2D eigenvalue weighted by molar-refractivity contribution is 5.69. The maximum atomic E-state index is 9.31. The average Bonchev–Trinajstić information content (AvgIpc) is 2.73.